The lowest BCUT2D eigenvalue weighted by Gasteiger charge is -2.21. The van der Waals surface area contributed by atoms with E-state index in [1.54, 1.807) is 6.07 Å². The molecule has 4 heteroatoms. The van der Waals surface area contributed by atoms with Crippen molar-refractivity contribution in [3.05, 3.63) is 70.4 Å². The molecule has 0 spiro atoms. The third-order valence-corrected chi connectivity index (χ3v) is 4.58. The number of carbonyl (C=O) groups is 1. The van der Waals surface area contributed by atoms with Gasteiger partial charge in [-0.05, 0) is 56.5 Å². The number of amides is 1. The van der Waals surface area contributed by atoms with Gasteiger partial charge >= 0.3 is 0 Å². The molecule has 0 fully saturated rings. The molecule has 0 saturated carbocycles. The van der Waals surface area contributed by atoms with Crippen LogP contribution in [-0.4, -0.2) is 10.9 Å². The quantitative estimate of drug-likeness (QED) is 0.742. The second kappa shape index (κ2) is 6.55. The number of carbonyl (C=O) groups excluding carboxylic acids is 1. The van der Waals surface area contributed by atoms with Gasteiger partial charge in [-0.15, -0.1) is 0 Å². The molecule has 0 saturated heterocycles. The number of anilines is 1. The van der Waals surface area contributed by atoms with E-state index in [9.17, 15) is 4.79 Å². The Bertz CT molecular complexity index is 943. The normalized spacial score (nSPS) is 12.2. The van der Waals surface area contributed by atoms with Crippen molar-refractivity contribution in [2.75, 3.05) is 5.32 Å². The van der Waals surface area contributed by atoms with E-state index in [4.69, 9.17) is 5.73 Å². The Morgan fingerprint density at radius 1 is 1.08 bits per heavy atom. The predicted molar refractivity (Wildman–Crippen MR) is 103 cm³/mol. The summed E-state index contributed by atoms with van der Waals surface area (Å²) < 4.78 is 0. The van der Waals surface area contributed by atoms with Gasteiger partial charge in [0.15, 0.2) is 0 Å². The number of rotatable bonds is 4. The molecule has 0 aliphatic heterocycles. The largest absolute Gasteiger partial charge is 0.378 e. The number of primary amides is 1. The number of benzene rings is 2. The highest BCUT2D eigenvalue weighted by Crippen LogP contribution is 2.30. The second-order valence-corrected chi connectivity index (χ2v) is 6.55. The Balaban J connectivity index is 2.10. The number of nitrogens with zero attached hydrogens (tertiary/aromatic N) is 1. The van der Waals surface area contributed by atoms with Crippen molar-refractivity contribution in [2.45, 2.75) is 33.7 Å². The Hall–Kier alpha value is -2.88. The summed E-state index contributed by atoms with van der Waals surface area (Å²) in [5, 5.41) is 4.50. The topological polar surface area (TPSA) is 68.0 Å². The number of para-hydroxylation sites is 1. The molecule has 128 valence electrons. The first kappa shape index (κ1) is 17.0. The zero-order valence-corrected chi connectivity index (χ0v) is 15.1. The molecule has 1 amide bonds. The van der Waals surface area contributed by atoms with Gasteiger partial charge in [0.25, 0.3) is 5.91 Å². The third-order valence-electron chi connectivity index (χ3n) is 4.58. The highest BCUT2D eigenvalue weighted by molar-refractivity contribution is 6.07. The van der Waals surface area contributed by atoms with Crippen molar-refractivity contribution in [2.24, 2.45) is 5.73 Å². The van der Waals surface area contributed by atoms with Gasteiger partial charge in [0.05, 0.1) is 11.1 Å². The highest BCUT2D eigenvalue weighted by Gasteiger charge is 2.15. The predicted octanol–water partition coefficient (Wildman–Crippen LogP) is 4.43. The Kier molecular flexibility index (Phi) is 4.45. The fourth-order valence-corrected chi connectivity index (χ4v) is 3.51. The van der Waals surface area contributed by atoms with Crippen LogP contribution in [0.5, 0.6) is 0 Å². The van der Waals surface area contributed by atoms with Crippen LogP contribution in [0.1, 0.15) is 45.7 Å². The molecule has 1 unspecified atom stereocenters. The molecular formula is C21H23N3O. The van der Waals surface area contributed by atoms with Crippen molar-refractivity contribution in [3.63, 3.8) is 0 Å². The molecular weight excluding hydrogens is 310 g/mol. The summed E-state index contributed by atoms with van der Waals surface area (Å²) in [7, 11) is 0. The number of aryl methyl sites for hydroxylation is 3. The maximum atomic E-state index is 11.7. The van der Waals surface area contributed by atoms with E-state index in [0.29, 0.717) is 11.1 Å². The minimum Gasteiger partial charge on any atom is -0.378 e. The summed E-state index contributed by atoms with van der Waals surface area (Å²) in [5.74, 6) is -0.461. The van der Waals surface area contributed by atoms with Crippen LogP contribution in [0, 0.1) is 20.8 Å². The number of nitrogens with two attached hydrogens (primary N) is 1. The van der Waals surface area contributed by atoms with Gasteiger partial charge in [-0.3, -0.25) is 9.78 Å². The molecule has 25 heavy (non-hydrogen) atoms. The first-order valence-corrected chi connectivity index (χ1v) is 8.41. The van der Waals surface area contributed by atoms with Crippen molar-refractivity contribution in [3.8, 4) is 0 Å². The van der Waals surface area contributed by atoms with Crippen LogP contribution in [0.15, 0.2) is 42.5 Å². The number of fused-ring (bicyclic) bond motifs is 1. The lowest BCUT2D eigenvalue weighted by atomic mass is 9.96. The van der Waals surface area contributed by atoms with Crippen molar-refractivity contribution in [1.29, 1.82) is 0 Å². The zero-order chi connectivity index (χ0) is 18.1. The fraction of sp³-hybridized carbons (Fsp3) is 0.238. The molecule has 3 N–H and O–H groups in total. The Morgan fingerprint density at radius 2 is 1.72 bits per heavy atom. The Morgan fingerprint density at radius 3 is 2.36 bits per heavy atom. The minimum absolute atomic E-state index is 0.128. The molecule has 4 nitrogen and oxygen atoms in total. The van der Waals surface area contributed by atoms with E-state index in [0.717, 1.165) is 16.8 Å². The van der Waals surface area contributed by atoms with Crippen LogP contribution >= 0.6 is 0 Å². The van der Waals surface area contributed by atoms with Gasteiger partial charge in [0.2, 0.25) is 0 Å². The summed E-state index contributed by atoms with van der Waals surface area (Å²) in [6.07, 6.45) is 0. The Labute approximate surface area is 148 Å². The van der Waals surface area contributed by atoms with Crippen LogP contribution in [0.3, 0.4) is 0 Å². The molecule has 1 aromatic heterocycles. The summed E-state index contributed by atoms with van der Waals surface area (Å²) in [6, 6.07) is 14.0. The first-order chi connectivity index (χ1) is 11.9. The highest BCUT2D eigenvalue weighted by atomic mass is 16.1. The number of aromatic nitrogens is 1. The van der Waals surface area contributed by atoms with Gasteiger partial charge < -0.3 is 11.1 Å². The van der Waals surface area contributed by atoms with Gasteiger partial charge in [-0.2, -0.15) is 0 Å². The van der Waals surface area contributed by atoms with Crippen LogP contribution in [-0.2, 0) is 0 Å². The van der Waals surface area contributed by atoms with Crippen molar-refractivity contribution in [1.82, 2.24) is 4.98 Å². The number of pyridine rings is 1. The maximum Gasteiger partial charge on any atom is 0.250 e. The van der Waals surface area contributed by atoms with E-state index in [1.807, 2.05) is 25.1 Å². The van der Waals surface area contributed by atoms with Gasteiger partial charge in [0, 0.05) is 22.8 Å². The molecule has 1 atom stereocenters. The lowest BCUT2D eigenvalue weighted by molar-refractivity contribution is 0.100. The third kappa shape index (κ3) is 3.20. The molecule has 0 aliphatic rings. The second-order valence-electron chi connectivity index (χ2n) is 6.55. The monoisotopic (exact) mass is 333 g/mol. The minimum atomic E-state index is -0.461. The molecule has 0 bridgehead atoms. The summed E-state index contributed by atoms with van der Waals surface area (Å²) in [4.78, 5) is 16.3. The van der Waals surface area contributed by atoms with E-state index in [2.05, 4.69) is 49.3 Å². The van der Waals surface area contributed by atoms with E-state index in [1.165, 1.54) is 16.7 Å². The molecule has 0 radical (unpaired) electrons. The van der Waals surface area contributed by atoms with Crippen LogP contribution in [0.25, 0.3) is 10.9 Å². The van der Waals surface area contributed by atoms with Gasteiger partial charge in [0.1, 0.15) is 0 Å². The average Bonchev–Trinajstić information content (AvgIpc) is 2.53. The average molecular weight is 333 g/mol. The van der Waals surface area contributed by atoms with Crippen molar-refractivity contribution >= 4 is 22.5 Å². The standard InChI is InChI=1S/C21H23N3O/c1-12-7-5-8-13(2)19(12)15(4)24-18-11-14(3)23-20-16(18)9-6-10-17(20)21(22)25/h5-11,15H,1-4H3,(H2,22,25)(H,23,24). The summed E-state index contributed by atoms with van der Waals surface area (Å²) in [6.45, 7) is 8.32. The maximum absolute atomic E-state index is 11.7. The van der Waals surface area contributed by atoms with Crippen molar-refractivity contribution < 1.29 is 4.79 Å². The number of nitrogens with one attached hydrogen (secondary N) is 1. The summed E-state index contributed by atoms with van der Waals surface area (Å²) >= 11 is 0. The van der Waals surface area contributed by atoms with Gasteiger partial charge in [-0.1, -0.05) is 30.3 Å². The molecule has 1 heterocycles. The molecule has 3 rings (SSSR count). The number of hydrogen-bond donors (Lipinski definition) is 2. The molecule has 0 aliphatic carbocycles. The summed E-state index contributed by atoms with van der Waals surface area (Å²) in [5.41, 5.74) is 12.2. The lowest BCUT2D eigenvalue weighted by Crippen LogP contribution is -2.13. The SMILES string of the molecule is Cc1cc(NC(C)c2c(C)cccc2C)c2cccc(C(N)=O)c2n1. The van der Waals surface area contributed by atoms with Gasteiger partial charge in [-0.25, -0.2) is 0 Å². The van der Waals surface area contributed by atoms with Crippen LogP contribution in [0.4, 0.5) is 5.69 Å². The smallest absolute Gasteiger partial charge is 0.250 e. The fourth-order valence-electron chi connectivity index (χ4n) is 3.51. The first-order valence-electron chi connectivity index (χ1n) is 8.41. The van der Waals surface area contributed by atoms with Crippen LogP contribution in [0.2, 0.25) is 0 Å². The molecule has 2 aromatic carbocycles. The van der Waals surface area contributed by atoms with Crippen LogP contribution < -0.4 is 11.1 Å². The van der Waals surface area contributed by atoms with E-state index < -0.39 is 5.91 Å². The molecule has 3 aromatic rings. The van der Waals surface area contributed by atoms with E-state index >= 15 is 0 Å². The number of hydrogen-bond acceptors (Lipinski definition) is 3. The van der Waals surface area contributed by atoms with E-state index in [-0.39, 0.29) is 6.04 Å². The zero-order valence-electron chi connectivity index (χ0n) is 15.1.